The average Bonchev–Trinajstić information content (AvgIpc) is 3.46. The maximum absolute atomic E-state index is 13.3. The van der Waals surface area contributed by atoms with E-state index in [1.54, 1.807) is 0 Å². The number of alkyl halides is 3. The molecule has 1 unspecified atom stereocenters. The quantitative estimate of drug-likeness (QED) is 0.792. The molecule has 0 spiro atoms. The highest BCUT2D eigenvalue weighted by atomic mass is 19.4. The molecule has 1 aromatic carbocycles. The van der Waals surface area contributed by atoms with E-state index in [2.05, 4.69) is 6.92 Å². The van der Waals surface area contributed by atoms with Gasteiger partial charge in [0.2, 0.25) is 0 Å². The third-order valence-electron chi connectivity index (χ3n) is 5.64. The van der Waals surface area contributed by atoms with Gasteiger partial charge in [-0.2, -0.15) is 13.2 Å². The molecule has 1 saturated heterocycles. The summed E-state index contributed by atoms with van der Waals surface area (Å²) in [4.78, 5) is 14.8. The summed E-state index contributed by atoms with van der Waals surface area (Å²) < 4.78 is 50.5. The van der Waals surface area contributed by atoms with Gasteiger partial charge in [-0.05, 0) is 55.7 Å². The summed E-state index contributed by atoms with van der Waals surface area (Å²) in [6.07, 6.45) is -0.901. The van der Waals surface area contributed by atoms with Gasteiger partial charge in [-0.25, -0.2) is 0 Å². The summed E-state index contributed by atoms with van der Waals surface area (Å²) in [5.74, 6) is 0.892. The van der Waals surface area contributed by atoms with E-state index in [9.17, 15) is 18.0 Å². The first kappa shape index (κ1) is 17.6. The predicted octanol–water partition coefficient (Wildman–Crippen LogP) is 3.98. The number of rotatable bonds is 2. The Bertz CT molecular complexity index is 706. The van der Waals surface area contributed by atoms with Gasteiger partial charge in [0, 0.05) is 5.56 Å². The van der Waals surface area contributed by atoms with Crippen LogP contribution in [0.25, 0.3) is 0 Å². The Kier molecular flexibility index (Phi) is 4.17. The zero-order valence-corrected chi connectivity index (χ0v) is 14.6. The average molecular weight is 369 g/mol. The van der Waals surface area contributed by atoms with Crippen molar-refractivity contribution in [2.45, 2.75) is 50.9 Å². The number of carbonyl (C=O) groups is 1. The van der Waals surface area contributed by atoms with Crippen molar-refractivity contribution in [3.63, 3.8) is 0 Å². The standard InChI is InChI=1S/C19H22F3NO3/c1-12-6-7-18(26-10-12,14-2-3-14)17(24)23-9-13-8-15(19(20,21)22)4-5-16(13)25-11-23/h4-5,8,12,14H,2-3,6-7,9-11H2,1H3/t12?,18-/m0/s1. The second-order valence-corrected chi connectivity index (χ2v) is 7.72. The predicted molar refractivity (Wildman–Crippen MR) is 87.3 cm³/mol. The zero-order chi connectivity index (χ0) is 18.5. The van der Waals surface area contributed by atoms with Crippen molar-refractivity contribution >= 4 is 5.91 Å². The van der Waals surface area contributed by atoms with Crippen LogP contribution < -0.4 is 4.74 Å². The minimum Gasteiger partial charge on any atom is -0.473 e. The Morgan fingerprint density at radius 2 is 2.04 bits per heavy atom. The normalized spacial score (nSPS) is 29.1. The molecule has 2 heterocycles. The Labute approximate surface area is 150 Å². The van der Waals surface area contributed by atoms with Gasteiger partial charge in [0.15, 0.2) is 6.73 Å². The molecule has 4 rings (SSSR count). The van der Waals surface area contributed by atoms with Gasteiger partial charge in [-0.3, -0.25) is 4.79 Å². The maximum atomic E-state index is 13.3. The van der Waals surface area contributed by atoms with E-state index in [0.29, 0.717) is 30.3 Å². The smallest absolute Gasteiger partial charge is 0.416 e. The molecule has 1 aliphatic carbocycles. The molecule has 26 heavy (non-hydrogen) atoms. The summed E-state index contributed by atoms with van der Waals surface area (Å²) in [6.45, 7) is 2.81. The Morgan fingerprint density at radius 3 is 2.65 bits per heavy atom. The lowest BCUT2D eigenvalue weighted by molar-refractivity contribution is -0.177. The van der Waals surface area contributed by atoms with Gasteiger partial charge in [-0.15, -0.1) is 0 Å². The summed E-state index contributed by atoms with van der Waals surface area (Å²) in [5.41, 5.74) is -1.17. The van der Waals surface area contributed by atoms with Crippen molar-refractivity contribution in [2.24, 2.45) is 11.8 Å². The first-order valence-electron chi connectivity index (χ1n) is 9.06. The Morgan fingerprint density at radius 1 is 1.27 bits per heavy atom. The summed E-state index contributed by atoms with van der Waals surface area (Å²) >= 11 is 0. The first-order valence-corrected chi connectivity index (χ1v) is 9.06. The number of amides is 1. The molecule has 2 aliphatic heterocycles. The lowest BCUT2D eigenvalue weighted by Gasteiger charge is -2.42. The molecule has 1 amide bonds. The van der Waals surface area contributed by atoms with Gasteiger partial charge >= 0.3 is 6.18 Å². The molecule has 4 nitrogen and oxygen atoms in total. The van der Waals surface area contributed by atoms with Crippen LogP contribution in [0.4, 0.5) is 13.2 Å². The van der Waals surface area contributed by atoms with E-state index >= 15 is 0 Å². The van der Waals surface area contributed by atoms with Gasteiger partial charge in [0.05, 0.1) is 18.7 Å². The van der Waals surface area contributed by atoms with Crippen LogP contribution in [0, 0.1) is 11.8 Å². The SMILES string of the molecule is CC1CC[C@@](C(=O)N2COc3ccc(C(F)(F)F)cc3C2)(C2CC2)OC1. The van der Waals surface area contributed by atoms with Gasteiger partial charge in [-0.1, -0.05) is 6.92 Å². The highest BCUT2D eigenvalue weighted by Gasteiger charge is 2.55. The lowest BCUT2D eigenvalue weighted by Crippen LogP contribution is -2.56. The van der Waals surface area contributed by atoms with Gasteiger partial charge in [0.1, 0.15) is 11.4 Å². The van der Waals surface area contributed by atoms with Crippen molar-refractivity contribution in [1.82, 2.24) is 4.90 Å². The number of ether oxygens (including phenoxy) is 2. The van der Waals surface area contributed by atoms with Crippen LogP contribution in [0.5, 0.6) is 5.75 Å². The third-order valence-corrected chi connectivity index (χ3v) is 5.64. The molecular weight excluding hydrogens is 347 g/mol. The summed E-state index contributed by atoms with van der Waals surface area (Å²) in [7, 11) is 0. The van der Waals surface area contributed by atoms with Crippen molar-refractivity contribution < 1.29 is 27.4 Å². The minimum atomic E-state index is -4.42. The molecule has 3 aliphatic rings. The van der Waals surface area contributed by atoms with E-state index in [0.717, 1.165) is 31.4 Å². The minimum absolute atomic E-state index is 0.0462. The van der Waals surface area contributed by atoms with Crippen LogP contribution in [-0.2, 0) is 22.3 Å². The Hall–Kier alpha value is -1.76. The van der Waals surface area contributed by atoms with Crippen molar-refractivity contribution in [3.05, 3.63) is 29.3 Å². The fourth-order valence-corrected chi connectivity index (χ4v) is 3.94. The first-order chi connectivity index (χ1) is 12.3. The summed E-state index contributed by atoms with van der Waals surface area (Å²) in [6, 6.07) is 3.41. The number of nitrogens with zero attached hydrogens (tertiary/aromatic N) is 1. The lowest BCUT2D eigenvalue weighted by atomic mass is 9.84. The van der Waals surface area contributed by atoms with E-state index in [4.69, 9.17) is 9.47 Å². The van der Waals surface area contributed by atoms with E-state index < -0.39 is 17.3 Å². The van der Waals surface area contributed by atoms with Crippen LogP contribution in [0.15, 0.2) is 18.2 Å². The van der Waals surface area contributed by atoms with Crippen molar-refractivity contribution in [1.29, 1.82) is 0 Å². The van der Waals surface area contributed by atoms with Crippen LogP contribution >= 0.6 is 0 Å². The van der Waals surface area contributed by atoms with Crippen LogP contribution in [-0.4, -0.2) is 29.7 Å². The fourth-order valence-electron chi connectivity index (χ4n) is 3.94. The Balaban J connectivity index is 1.57. The summed E-state index contributed by atoms with van der Waals surface area (Å²) in [5, 5.41) is 0. The van der Waals surface area contributed by atoms with Gasteiger partial charge < -0.3 is 14.4 Å². The molecule has 1 aromatic rings. The highest BCUT2D eigenvalue weighted by molar-refractivity contribution is 5.86. The maximum Gasteiger partial charge on any atom is 0.416 e. The number of hydrogen-bond donors (Lipinski definition) is 0. The molecular formula is C19H22F3NO3. The molecule has 0 N–H and O–H groups in total. The van der Waals surface area contributed by atoms with Crippen molar-refractivity contribution in [2.75, 3.05) is 13.3 Å². The number of carbonyl (C=O) groups excluding carboxylic acids is 1. The third kappa shape index (κ3) is 3.06. The molecule has 1 saturated carbocycles. The van der Waals surface area contributed by atoms with E-state index in [1.165, 1.54) is 11.0 Å². The fraction of sp³-hybridized carbons (Fsp3) is 0.632. The second-order valence-electron chi connectivity index (χ2n) is 7.72. The molecule has 0 bridgehead atoms. The number of hydrogen-bond acceptors (Lipinski definition) is 3. The largest absolute Gasteiger partial charge is 0.473 e. The topological polar surface area (TPSA) is 38.8 Å². The number of halogens is 3. The van der Waals surface area contributed by atoms with Crippen LogP contribution in [0.1, 0.15) is 43.7 Å². The molecule has 0 aromatic heterocycles. The van der Waals surface area contributed by atoms with Crippen molar-refractivity contribution in [3.8, 4) is 5.75 Å². The number of fused-ring (bicyclic) bond motifs is 1. The van der Waals surface area contributed by atoms with Crippen LogP contribution in [0.2, 0.25) is 0 Å². The van der Waals surface area contributed by atoms with E-state index in [1.807, 2.05) is 0 Å². The molecule has 7 heteroatoms. The van der Waals surface area contributed by atoms with Crippen LogP contribution in [0.3, 0.4) is 0 Å². The molecule has 2 atom stereocenters. The monoisotopic (exact) mass is 369 g/mol. The molecule has 0 radical (unpaired) electrons. The number of benzene rings is 1. The zero-order valence-electron chi connectivity index (χ0n) is 14.6. The van der Waals surface area contributed by atoms with Gasteiger partial charge in [0.25, 0.3) is 5.91 Å². The second kappa shape index (κ2) is 6.15. The molecule has 142 valence electrons. The molecule has 2 fully saturated rings. The highest BCUT2D eigenvalue weighted by Crippen LogP contribution is 2.48. The van der Waals surface area contributed by atoms with E-state index in [-0.39, 0.29) is 25.1 Å².